The molecule has 0 saturated carbocycles. The van der Waals surface area contributed by atoms with Gasteiger partial charge in [0.2, 0.25) is 0 Å². The predicted molar refractivity (Wildman–Crippen MR) is 176 cm³/mol. The van der Waals surface area contributed by atoms with Crippen molar-refractivity contribution in [2.75, 3.05) is 0 Å². The average molecular weight is 533 g/mol. The van der Waals surface area contributed by atoms with Crippen LogP contribution in [0.15, 0.2) is 152 Å². The number of hydrogen-bond donors (Lipinski definition) is 0. The van der Waals surface area contributed by atoms with E-state index in [2.05, 4.69) is 159 Å². The minimum Gasteiger partial charge on any atom is -0.0619 e. The minimum atomic E-state index is -0.337. The second kappa shape index (κ2) is 8.65. The maximum absolute atomic E-state index is 2.50. The molecule has 0 aliphatic heterocycles. The monoisotopic (exact) mass is 532 g/mol. The van der Waals surface area contributed by atoms with E-state index in [1.807, 2.05) is 0 Å². The first kappa shape index (κ1) is 23.5. The molecule has 196 valence electrons. The largest absolute Gasteiger partial charge is 0.0725 e. The summed E-state index contributed by atoms with van der Waals surface area (Å²) in [6.45, 7) is 2.16. The highest BCUT2D eigenvalue weighted by Gasteiger charge is 2.51. The topological polar surface area (TPSA) is 0 Å². The van der Waals surface area contributed by atoms with Crippen molar-refractivity contribution in [1.29, 1.82) is 0 Å². The van der Waals surface area contributed by atoms with Crippen LogP contribution in [0.1, 0.15) is 27.8 Å². The number of hydrogen-bond acceptors (Lipinski definition) is 0. The lowest BCUT2D eigenvalue weighted by atomic mass is 9.70. The summed E-state index contributed by atoms with van der Waals surface area (Å²) in [4.78, 5) is 0. The molecule has 42 heavy (non-hydrogen) atoms. The van der Waals surface area contributed by atoms with E-state index in [4.69, 9.17) is 0 Å². The quantitative estimate of drug-likeness (QED) is 0.208. The Balaban J connectivity index is 1.38. The summed E-state index contributed by atoms with van der Waals surface area (Å²) in [5.74, 6) is 0. The summed E-state index contributed by atoms with van der Waals surface area (Å²) in [6, 6.07) is 56.7. The SMILES string of the molecule is Cc1ccc(-c2c(-c3ccc4c(c3)C3(c5ccccc5-c5ccccc53)c3ccccc3-4)ccc3ccccc23)cc1. The van der Waals surface area contributed by atoms with Gasteiger partial charge < -0.3 is 0 Å². The van der Waals surface area contributed by atoms with Crippen molar-refractivity contribution in [3.63, 3.8) is 0 Å². The Labute approximate surface area is 246 Å². The molecular weight excluding hydrogens is 504 g/mol. The number of rotatable bonds is 2. The number of fused-ring (bicyclic) bond motifs is 11. The van der Waals surface area contributed by atoms with Gasteiger partial charge in [0.05, 0.1) is 5.41 Å². The molecule has 2 aliphatic carbocycles. The Morgan fingerprint density at radius 1 is 0.381 bits per heavy atom. The third-order valence-electron chi connectivity index (χ3n) is 9.58. The van der Waals surface area contributed by atoms with Crippen molar-refractivity contribution in [2.45, 2.75) is 12.3 Å². The van der Waals surface area contributed by atoms with Crippen LogP contribution >= 0.6 is 0 Å². The summed E-state index contributed by atoms with van der Waals surface area (Å²) in [6.07, 6.45) is 0. The molecule has 0 unspecified atom stereocenters. The molecule has 0 heterocycles. The molecule has 1 spiro atoms. The van der Waals surface area contributed by atoms with Gasteiger partial charge in [0.1, 0.15) is 0 Å². The standard InChI is InChI=1S/C42H28/c1-27-18-20-29(21-19-27)41-31-11-3-2-10-28(31)22-24-32(41)30-23-25-36-35-14-6-9-17-39(35)42(40(36)26-30)37-15-7-4-12-33(37)34-13-5-8-16-38(34)42/h2-26H,1H3. The van der Waals surface area contributed by atoms with E-state index >= 15 is 0 Å². The summed E-state index contributed by atoms with van der Waals surface area (Å²) in [5, 5.41) is 2.55. The fourth-order valence-electron chi connectivity index (χ4n) is 7.81. The molecule has 0 saturated heterocycles. The minimum absolute atomic E-state index is 0.337. The predicted octanol–water partition coefficient (Wildman–Crippen LogP) is 10.8. The maximum atomic E-state index is 2.50. The zero-order valence-corrected chi connectivity index (χ0v) is 23.4. The molecule has 0 aromatic heterocycles. The highest BCUT2D eigenvalue weighted by Crippen LogP contribution is 2.63. The third kappa shape index (κ3) is 3.02. The van der Waals surface area contributed by atoms with E-state index in [-0.39, 0.29) is 5.41 Å². The van der Waals surface area contributed by atoms with Crippen molar-refractivity contribution >= 4 is 10.8 Å². The van der Waals surface area contributed by atoms with Crippen LogP contribution in [-0.4, -0.2) is 0 Å². The zero-order valence-electron chi connectivity index (χ0n) is 23.4. The molecule has 7 aromatic carbocycles. The second-order valence-corrected chi connectivity index (χ2v) is 11.7. The van der Waals surface area contributed by atoms with Gasteiger partial charge in [0, 0.05) is 0 Å². The molecule has 0 fully saturated rings. The zero-order chi connectivity index (χ0) is 27.8. The molecule has 7 aromatic rings. The van der Waals surface area contributed by atoms with Crippen molar-refractivity contribution in [1.82, 2.24) is 0 Å². The van der Waals surface area contributed by atoms with E-state index in [1.165, 1.54) is 83.1 Å². The van der Waals surface area contributed by atoms with E-state index < -0.39 is 0 Å². The average Bonchev–Trinajstić information content (AvgIpc) is 3.52. The van der Waals surface area contributed by atoms with Gasteiger partial charge in [0.25, 0.3) is 0 Å². The maximum Gasteiger partial charge on any atom is 0.0725 e. The lowest BCUT2D eigenvalue weighted by Crippen LogP contribution is -2.25. The van der Waals surface area contributed by atoms with E-state index in [0.29, 0.717) is 0 Å². The van der Waals surface area contributed by atoms with Gasteiger partial charge in [-0.3, -0.25) is 0 Å². The molecular formula is C42H28. The lowest BCUT2D eigenvalue weighted by Gasteiger charge is -2.30. The highest BCUT2D eigenvalue weighted by atomic mass is 14.5. The van der Waals surface area contributed by atoms with Crippen LogP contribution in [0.2, 0.25) is 0 Å². The van der Waals surface area contributed by atoms with Crippen LogP contribution in [0.3, 0.4) is 0 Å². The molecule has 0 nitrogen and oxygen atoms in total. The van der Waals surface area contributed by atoms with Crippen molar-refractivity contribution < 1.29 is 0 Å². The van der Waals surface area contributed by atoms with Crippen LogP contribution in [0.25, 0.3) is 55.3 Å². The smallest absolute Gasteiger partial charge is 0.0619 e. The first-order chi connectivity index (χ1) is 20.7. The third-order valence-corrected chi connectivity index (χ3v) is 9.58. The van der Waals surface area contributed by atoms with E-state index in [0.717, 1.165) is 0 Å². The van der Waals surface area contributed by atoms with Gasteiger partial charge in [-0.05, 0) is 90.5 Å². The molecule has 0 heteroatoms. The lowest BCUT2D eigenvalue weighted by molar-refractivity contribution is 0.794. The summed E-state index contributed by atoms with van der Waals surface area (Å²) in [5.41, 5.74) is 16.9. The van der Waals surface area contributed by atoms with Crippen molar-refractivity contribution in [2.24, 2.45) is 0 Å². The Hall–Kier alpha value is -5.20. The van der Waals surface area contributed by atoms with Crippen LogP contribution in [-0.2, 0) is 5.41 Å². The Bertz CT molecular complexity index is 2130. The summed E-state index contributed by atoms with van der Waals surface area (Å²) in [7, 11) is 0. The van der Waals surface area contributed by atoms with Crippen LogP contribution in [0.5, 0.6) is 0 Å². The van der Waals surface area contributed by atoms with E-state index in [9.17, 15) is 0 Å². The number of benzene rings is 7. The second-order valence-electron chi connectivity index (χ2n) is 11.7. The Morgan fingerprint density at radius 3 is 1.52 bits per heavy atom. The molecule has 0 N–H and O–H groups in total. The molecule has 2 aliphatic rings. The Morgan fingerprint density at radius 2 is 0.881 bits per heavy atom. The molecule has 0 radical (unpaired) electrons. The van der Waals surface area contributed by atoms with Gasteiger partial charge in [0.15, 0.2) is 0 Å². The summed E-state index contributed by atoms with van der Waals surface area (Å²) >= 11 is 0. The number of aryl methyl sites for hydroxylation is 1. The molecule has 0 bridgehead atoms. The molecule has 0 amide bonds. The highest BCUT2D eigenvalue weighted by molar-refractivity contribution is 6.05. The van der Waals surface area contributed by atoms with Gasteiger partial charge in [-0.15, -0.1) is 0 Å². The van der Waals surface area contributed by atoms with Crippen LogP contribution < -0.4 is 0 Å². The van der Waals surface area contributed by atoms with Crippen molar-refractivity contribution in [3.8, 4) is 44.5 Å². The molecule has 9 rings (SSSR count). The summed E-state index contributed by atoms with van der Waals surface area (Å²) < 4.78 is 0. The van der Waals surface area contributed by atoms with Crippen molar-refractivity contribution in [3.05, 3.63) is 179 Å². The first-order valence-electron chi connectivity index (χ1n) is 14.8. The van der Waals surface area contributed by atoms with Gasteiger partial charge in [-0.2, -0.15) is 0 Å². The fraction of sp³-hybridized carbons (Fsp3) is 0.0476. The van der Waals surface area contributed by atoms with Gasteiger partial charge >= 0.3 is 0 Å². The Kier molecular flexibility index (Phi) is 4.84. The fourth-order valence-corrected chi connectivity index (χ4v) is 7.81. The van der Waals surface area contributed by atoms with Gasteiger partial charge in [-0.1, -0.05) is 151 Å². The van der Waals surface area contributed by atoms with E-state index in [1.54, 1.807) is 0 Å². The normalized spacial score (nSPS) is 13.5. The van der Waals surface area contributed by atoms with Gasteiger partial charge in [-0.25, -0.2) is 0 Å². The molecule has 0 atom stereocenters. The first-order valence-corrected chi connectivity index (χ1v) is 14.8. The van der Waals surface area contributed by atoms with Crippen LogP contribution in [0.4, 0.5) is 0 Å². The van der Waals surface area contributed by atoms with Crippen LogP contribution in [0, 0.1) is 6.92 Å².